The van der Waals surface area contributed by atoms with Crippen LogP contribution in [0.15, 0.2) is 10.7 Å². The fourth-order valence-corrected chi connectivity index (χ4v) is 1.64. The number of aromatic nitrogens is 2. The van der Waals surface area contributed by atoms with Gasteiger partial charge >= 0.3 is 0 Å². The Morgan fingerprint density at radius 3 is 2.94 bits per heavy atom. The van der Waals surface area contributed by atoms with Crippen molar-refractivity contribution < 1.29 is 9.84 Å². The third-order valence-corrected chi connectivity index (χ3v) is 2.30. The van der Waals surface area contributed by atoms with E-state index in [1.807, 2.05) is 0 Å². The second-order valence-corrected chi connectivity index (χ2v) is 4.06. The van der Waals surface area contributed by atoms with Gasteiger partial charge in [0.25, 0.3) is 0 Å². The molecule has 1 rings (SSSR count). The van der Waals surface area contributed by atoms with Crippen molar-refractivity contribution in [2.24, 2.45) is 0 Å². The van der Waals surface area contributed by atoms with E-state index in [-0.39, 0.29) is 12.6 Å². The molecule has 4 N–H and O–H groups in total. The Balaban J connectivity index is 2.68. The van der Waals surface area contributed by atoms with Gasteiger partial charge in [-0.05, 0) is 22.4 Å². The lowest BCUT2D eigenvalue weighted by Gasteiger charge is -2.16. The van der Waals surface area contributed by atoms with Crippen molar-refractivity contribution in [3.63, 3.8) is 0 Å². The highest BCUT2D eigenvalue weighted by Gasteiger charge is 2.10. The standard InChI is InChI=1S/C9H15BrN4O2/c1-16-5-6(2-3-15)12-9-13-7(10)4-8(11)14-9/h4,6,15H,2-3,5H2,1H3,(H3,11,12,13,14). The van der Waals surface area contributed by atoms with Crippen LogP contribution in [0.4, 0.5) is 11.8 Å². The summed E-state index contributed by atoms with van der Waals surface area (Å²) in [5.74, 6) is 0.798. The lowest BCUT2D eigenvalue weighted by atomic mass is 10.2. The Bertz CT molecular complexity index is 311. The molecule has 0 bridgehead atoms. The van der Waals surface area contributed by atoms with Crippen molar-refractivity contribution >= 4 is 27.7 Å². The number of methoxy groups -OCH3 is 1. The van der Waals surface area contributed by atoms with Crippen LogP contribution in [-0.2, 0) is 4.74 Å². The molecule has 0 amide bonds. The molecule has 0 spiro atoms. The average Bonchev–Trinajstić information content (AvgIpc) is 2.16. The zero-order valence-corrected chi connectivity index (χ0v) is 10.6. The zero-order valence-electron chi connectivity index (χ0n) is 8.98. The van der Waals surface area contributed by atoms with Crippen LogP contribution in [0.2, 0.25) is 0 Å². The predicted octanol–water partition coefficient (Wildman–Crippen LogP) is 0.631. The molecule has 0 aliphatic heterocycles. The Morgan fingerprint density at radius 2 is 2.38 bits per heavy atom. The monoisotopic (exact) mass is 290 g/mol. The molecular weight excluding hydrogens is 276 g/mol. The SMILES string of the molecule is COCC(CCO)Nc1nc(N)cc(Br)n1. The highest BCUT2D eigenvalue weighted by atomic mass is 79.9. The smallest absolute Gasteiger partial charge is 0.226 e. The lowest BCUT2D eigenvalue weighted by molar-refractivity contribution is 0.170. The van der Waals surface area contributed by atoms with Crippen molar-refractivity contribution in [3.05, 3.63) is 10.7 Å². The van der Waals surface area contributed by atoms with Gasteiger partial charge in [-0.3, -0.25) is 0 Å². The maximum Gasteiger partial charge on any atom is 0.226 e. The van der Waals surface area contributed by atoms with E-state index in [1.54, 1.807) is 13.2 Å². The topological polar surface area (TPSA) is 93.3 Å². The molecule has 0 aromatic carbocycles. The maximum absolute atomic E-state index is 8.88. The molecule has 6 nitrogen and oxygen atoms in total. The first kappa shape index (κ1) is 13.1. The number of halogens is 1. The highest BCUT2D eigenvalue weighted by molar-refractivity contribution is 9.10. The van der Waals surface area contributed by atoms with Crippen molar-refractivity contribution in [1.82, 2.24) is 9.97 Å². The van der Waals surface area contributed by atoms with Gasteiger partial charge in [-0.15, -0.1) is 0 Å². The number of nitrogens with two attached hydrogens (primary N) is 1. The Labute approximate surface area is 102 Å². The summed E-state index contributed by atoms with van der Waals surface area (Å²) >= 11 is 3.23. The molecule has 1 aromatic heterocycles. The molecular formula is C9H15BrN4O2. The van der Waals surface area contributed by atoms with Crippen LogP contribution in [0, 0.1) is 0 Å². The third-order valence-electron chi connectivity index (χ3n) is 1.89. The van der Waals surface area contributed by atoms with Crippen LogP contribution in [0.1, 0.15) is 6.42 Å². The van der Waals surface area contributed by atoms with Gasteiger partial charge in [-0.2, -0.15) is 4.98 Å². The molecule has 90 valence electrons. The molecule has 0 aliphatic carbocycles. The Kier molecular flexibility index (Phi) is 5.44. The summed E-state index contributed by atoms with van der Waals surface area (Å²) in [6, 6.07) is 1.58. The van der Waals surface area contributed by atoms with Gasteiger partial charge in [-0.1, -0.05) is 0 Å². The first-order valence-corrected chi connectivity index (χ1v) is 5.61. The van der Waals surface area contributed by atoms with E-state index in [4.69, 9.17) is 15.6 Å². The van der Waals surface area contributed by atoms with Crippen molar-refractivity contribution in [2.75, 3.05) is 31.4 Å². The fraction of sp³-hybridized carbons (Fsp3) is 0.556. The Morgan fingerprint density at radius 1 is 1.62 bits per heavy atom. The number of aliphatic hydroxyl groups is 1. The lowest BCUT2D eigenvalue weighted by Crippen LogP contribution is -2.27. The van der Waals surface area contributed by atoms with Crippen LogP contribution in [0.5, 0.6) is 0 Å². The van der Waals surface area contributed by atoms with Crippen molar-refractivity contribution in [3.8, 4) is 0 Å². The van der Waals surface area contributed by atoms with Crippen molar-refractivity contribution in [2.45, 2.75) is 12.5 Å². The van der Waals surface area contributed by atoms with E-state index in [2.05, 4.69) is 31.2 Å². The van der Waals surface area contributed by atoms with Crippen LogP contribution in [0.25, 0.3) is 0 Å². The summed E-state index contributed by atoms with van der Waals surface area (Å²) in [6.07, 6.45) is 0.559. The molecule has 1 aromatic rings. The van der Waals surface area contributed by atoms with Gasteiger partial charge in [0.2, 0.25) is 5.95 Å². The quantitative estimate of drug-likeness (QED) is 0.666. The summed E-state index contributed by atoms with van der Waals surface area (Å²) in [5, 5.41) is 11.9. The molecule has 7 heteroatoms. The number of nitrogens with one attached hydrogen (secondary N) is 1. The summed E-state index contributed by atoms with van der Waals surface area (Å²) in [4.78, 5) is 8.14. The summed E-state index contributed by atoms with van der Waals surface area (Å²) < 4.78 is 5.63. The van der Waals surface area contributed by atoms with Crippen LogP contribution in [0.3, 0.4) is 0 Å². The number of hydrogen-bond donors (Lipinski definition) is 3. The largest absolute Gasteiger partial charge is 0.396 e. The van der Waals surface area contributed by atoms with E-state index in [0.717, 1.165) is 0 Å². The van der Waals surface area contributed by atoms with Gasteiger partial charge in [0, 0.05) is 19.8 Å². The number of anilines is 2. The second kappa shape index (κ2) is 6.62. The van der Waals surface area contributed by atoms with Gasteiger partial charge in [-0.25, -0.2) is 4.98 Å². The van der Waals surface area contributed by atoms with E-state index in [0.29, 0.717) is 29.4 Å². The first-order chi connectivity index (χ1) is 7.65. The normalized spacial score (nSPS) is 12.4. The second-order valence-electron chi connectivity index (χ2n) is 3.25. The first-order valence-electron chi connectivity index (χ1n) is 4.82. The van der Waals surface area contributed by atoms with E-state index in [9.17, 15) is 0 Å². The minimum Gasteiger partial charge on any atom is -0.396 e. The molecule has 0 radical (unpaired) electrons. The Hall–Kier alpha value is -0.920. The molecule has 0 aliphatic rings. The van der Waals surface area contributed by atoms with Gasteiger partial charge in [0.1, 0.15) is 10.4 Å². The number of hydrogen-bond acceptors (Lipinski definition) is 6. The van der Waals surface area contributed by atoms with Crippen LogP contribution < -0.4 is 11.1 Å². The average molecular weight is 291 g/mol. The van der Waals surface area contributed by atoms with Crippen LogP contribution >= 0.6 is 15.9 Å². The zero-order chi connectivity index (χ0) is 12.0. The fourth-order valence-electron chi connectivity index (χ4n) is 1.24. The summed E-state index contributed by atoms with van der Waals surface area (Å²) in [7, 11) is 1.60. The highest BCUT2D eigenvalue weighted by Crippen LogP contribution is 2.13. The van der Waals surface area contributed by atoms with E-state index >= 15 is 0 Å². The van der Waals surface area contributed by atoms with E-state index in [1.165, 1.54) is 0 Å². The van der Waals surface area contributed by atoms with Gasteiger partial charge in [0.15, 0.2) is 0 Å². The molecule has 0 saturated heterocycles. The molecule has 0 fully saturated rings. The van der Waals surface area contributed by atoms with Crippen molar-refractivity contribution in [1.29, 1.82) is 0 Å². The number of nitrogen functional groups attached to an aromatic ring is 1. The summed E-state index contributed by atoms with van der Waals surface area (Å²) in [6.45, 7) is 0.543. The maximum atomic E-state index is 8.88. The molecule has 16 heavy (non-hydrogen) atoms. The third kappa shape index (κ3) is 4.30. The molecule has 1 atom stereocenters. The minimum atomic E-state index is -0.0382. The minimum absolute atomic E-state index is 0.0382. The molecule has 1 heterocycles. The number of nitrogens with zero attached hydrogens (tertiary/aromatic N) is 2. The predicted molar refractivity (Wildman–Crippen MR) is 65.1 cm³/mol. The van der Waals surface area contributed by atoms with Crippen LogP contribution in [-0.4, -0.2) is 41.4 Å². The van der Waals surface area contributed by atoms with Gasteiger partial charge in [0.05, 0.1) is 12.6 Å². The molecule has 0 saturated carbocycles. The summed E-state index contributed by atoms with van der Waals surface area (Å²) in [5.41, 5.74) is 5.58. The number of aliphatic hydroxyl groups excluding tert-OH is 1. The van der Waals surface area contributed by atoms with E-state index < -0.39 is 0 Å². The molecule has 1 unspecified atom stereocenters. The van der Waals surface area contributed by atoms with Gasteiger partial charge < -0.3 is 20.9 Å². The number of ether oxygens (including phenoxy) is 1. The number of rotatable bonds is 6.